The van der Waals surface area contributed by atoms with Crippen LogP contribution in [0.2, 0.25) is 0 Å². The topological polar surface area (TPSA) is 27.7 Å². The van der Waals surface area contributed by atoms with Gasteiger partial charge in [0.2, 0.25) is 0 Å². The molecule has 0 aliphatic carbocycles. The van der Waals surface area contributed by atoms with Gasteiger partial charge in [-0.25, -0.2) is 0 Å². The molecule has 0 saturated carbocycles. The lowest BCUT2D eigenvalue weighted by atomic mass is 10.2. The smallest absolute Gasteiger partial charge is 0.373 e. The molecule has 0 aliphatic rings. The molecule has 0 amide bonds. The molecule has 0 radical (unpaired) electrons. The first kappa shape index (κ1) is 12.4. The lowest BCUT2D eigenvalue weighted by molar-refractivity contribution is 0.140. The number of rotatable bonds is 5. The van der Waals surface area contributed by atoms with Gasteiger partial charge in [-0.15, -0.1) is 0 Å². The van der Waals surface area contributed by atoms with Crippen molar-refractivity contribution >= 4 is 14.0 Å². The molecule has 0 N–H and O–H groups in total. The molecule has 1 aromatic carbocycles. The monoisotopic (exact) mass is 226 g/mol. The van der Waals surface area contributed by atoms with E-state index in [1.165, 1.54) is 5.56 Å². The molecule has 84 valence electrons. The van der Waals surface area contributed by atoms with Gasteiger partial charge in [-0.2, -0.15) is 0 Å². The maximum Gasteiger partial charge on any atom is 0.536 e. The van der Waals surface area contributed by atoms with E-state index in [9.17, 15) is 0 Å². The Kier molecular flexibility index (Phi) is 4.47. The average molecular weight is 226 g/mol. The first-order valence-electron chi connectivity index (χ1n) is 4.97. The fraction of sp³-hybridized carbons (Fsp3) is 0.455. The van der Waals surface area contributed by atoms with Gasteiger partial charge in [0.1, 0.15) is 0 Å². The van der Waals surface area contributed by atoms with Crippen LogP contribution in [-0.2, 0) is 19.7 Å². The van der Waals surface area contributed by atoms with E-state index in [4.69, 9.17) is 13.3 Å². The summed E-state index contributed by atoms with van der Waals surface area (Å²) in [6.07, 6.45) is 1.03. The van der Waals surface area contributed by atoms with Crippen LogP contribution in [0.25, 0.3) is 0 Å². The van der Waals surface area contributed by atoms with Crippen LogP contribution >= 0.6 is 0 Å². The van der Waals surface area contributed by atoms with E-state index in [-0.39, 0.29) is 0 Å². The summed E-state index contributed by atoms with van der Waals surface area (Å²) in [6, 6.07) is 8.19. The fourth-order valence-corrected chi connectivity index (χ4v) is 3.33. The summed E-state index contributed by atoms with van der Waals surface area (Å²) < 4.78 is 16.2. The molecule has 0 saturated heterocycles. The molecule has 0 aliphatic heterocycles. The van der Waals surface area contributed by atoms with E-state index >= 15 is 0 Å². The molecule has 1 aromatic rings. The van der Waals surface area contributed by atoms with Crippen LogP contribution in [0.15, 0.2) is 24.3 Å². The van der Waals surface area contributed by atoms with Crippen molar-refractivity contribution in [1.29, 1.82) is 0 Å². The van der Waals surface area contributed by atoms with Crippen molar-refractivity contribution < 1.29 is 13.3 Å². The maximum absolute atomic E-state index is 5.39. The molecule has 4 heteroatoms. The Morgan fingerprint density at radius 2 is 1.40 bits per heavy atom. The summed E-state index contributed by atoms with van der Waals surface area (Å²) in [5.41, 5.74) is 1.30. The van der Waals surface area contributed by atoms with Gasteiger partial charge in [-0.05, 0) is 12.0 Å². The largest absolute Gasteiger partial charge is 0.536 e. The van der Waals surface area contributed by atoms with Gasteiger partial charge in [0.05, 0.1) is 0 Å². The Balaban J connectivity index is 3.01. The molecule has 0 aromatic heterocycles. The summed E-state index contributed by atoms with van der Waals surface area (Å²) >= 11 is 0. The van der Waals surface area contributed by atoms with Gasteiger partial charge < -0.3 is 13.3 Å². The Morgan fingerprint density at radius 1 is 0.933 bits per heavy atom. The second-order valence-electron chi connectivity index (χ2n) is 3.22. The zero-order valence-electron chi connectivity index (χ0n) is 9.74. The highest BCUT2D eigenvalue weighted by Gasteiger charge is 2.40. The van der Waals surface area contributed by atoms with Crippen molar-refractivity contribution in [3.8, 4) is 0 Å². The maximum atomic E-state index is 5.39. The third-order valence-electron chi connectivity index (χ3n) is 2.52. The molecule has 0 bridgehead atoms. The first-order valence-corrected chi connectivity index (χ1v) is 6.69. The Hall–Kier alpha value is -0.683. The highest BCUT2D eigenvalue weighted by molar-refractivity contribution is 6.75. The number of hydrogen-bond donors (Lipinski definition) is 0. The van der Waals surface area contributed by atoms with Crippen molar-refractivity contribution in [3.05, 3.63) is 29.8 Å². The molecule has 15 heavy (non-hydrogen) atoms. The van der Waals surface area contributed by atoms with Crippen LogP contribution in [0.4, 0.5) is 0 Å². The molecular weight excluding hydrogens is 208 g/mol. The lowest BCUT2D eigenvalue weighted by Crippen LogP contribution is -2.54. The second kappa shape index (κ2) is 5.41. The summed E-state index contributed by atoms with van der Waals surface area (Å²) in [7, 11) is 2.22. The van der Waals surface area contributed by atoms with E-state index in [1.807, 2.05) is 12.1 Å². The van der Waals surface area contributed by atoms with Crippen molar-refractivity contribution in [2.75, 3.05) is 21.3 Å². The minimum Gasteiger partial charge on any atom is -0.373 e. The molecule has 1 rings (SSSR count). The van der Waals surface area contributed by atoms with Crippen molar-refractivity contribution in [2.24, 2.45) is 0 Å². The van der Waals surface area contributed by atoms with E-state index in [1.54, 1.807) is 21.3 Å². The minimum atomic E-state index is -2.63. The third kappa shape index (κ3) is 2.46. The highest BCUT2D eigenvalue weighted by Crippen LogP contribution is 2.08. The molecule has 0 atom stereocenters. The normalized spacial score (nSPS) is 11.7. The summed E-state index contributed by atoms with van der Waals surface area (Å²) in [6.45, 7) is 2.13. The van der Waals surface area contributed by atoms with Gasteiger partial charge >= 0.3 is 8.80 Å². The number of benzene rings is 1. The fourth-order valence-electron chi connectivity index (χ4n) is 1.55. The predicted molar refractivity (Wildman–Crippen MR) is 62.2 cm³/mol. The summed E-state index contributed by atoms with van der Waals surface area (Å²) in [5.74, 6) is 0. The van der Waals surface area contributed by atoms with Crippen LogP contribution in [0.3, 0.4) is 0 Å². The zero-order valence-corrected chi connectivity index (χ0v) is 10.7. The predicted octanol–water partition coefficient (Wildman–Crippen LogP) is 1.33. The van der Waals surface area contributed by atoms with Gasteiger partial charge in [-0.1, -0.05) is 31.2 Å². The van der Waals surface area contributed by atoms with Crippen LogP contribution in [-0.4, -0.2) is 30.1 Å². The number of aryl methyl sites for hydroxylation is 1. The van der Waals surface area contributed by atoms with Gasteiger partial charge in [0.25, 0.3) is 0 Å². The van der Waals surface area contributed by atoms with Crippen molar-refractivity contribution in [3.63, 3.8) is 0 Å². The van der Waals surface area contributed by atoms with E-state index in [0.717, 1.165) is 11.6 Å². The summed E-state index contributed by atoms with van der Waals surface area (Å²) in [5, 5.41) is 0.993. The molecule has 0 fully saturated rings. The Morgan fingerprint density at radius 3 is 1.73 bits per heavy atom. The van der Waals surface area contributed by atoms with E-state index < -0.39 is 8.80 Å². The summed E-state index contributed by atoms with van der Waals surface area (Å²) in [4.78, 5) is 0. The Labute approximate surface area is 92.3 Å². The van der Waals surface area contributed by atoms with E-state index in [2.05, 4.69) is 19.1 Å². The SMILES string of the molecule is CCc1ccc([Si](OC)(OC)OC)cc1. The van der Waals surface area contributed by atoms with E-state index in [0.29, 0.717) is 0 Å². The first-order chi connectivity index (χ1) is 7.22. The quantitative estimate of drug-likeness (QED) is 0.709. The van der Waals surface area contributed by atoms with Crippen molar-refractivity contribution in [1.82, 2.24) is 0 Å². The second-order valence-corrected chi connectivity index (χ2v) is 6.13. The zero-order chi connectivity index (χ0) is 11.3. The van der Waals surface area contributed by atoms with Gasteiger partial charge in [0.15, 0.2) is 0 Å². The van der Waals surface area contributed by atoms with Crippen LogP contribution < -0.4 is 5.19 Å². The number of hydrogen-bond acceptors (Lipinski definition) is 3. The highest BCUT2D eigenvalue weighted by atomic mass is 28.4. The third-order valence-corrected chi connectivity index (χ3v) is 5.17. The average Bonchev–Trinajstić information content (AvgIpc) is 2.33. The van der Waals surface area contributed by atoms with Gasteiger partial charge in [0, 0.05) is 26.5 Å². The van der Waals surface area contributed by atoms with Crippen LogP contribution in [0.5, 0.6) is 0 Å². The van der Waals surface area contributed by atoms with Gasteiger partial charge in [-0.3, -0.25) is 0 Å². The lowest BCUT2D eigenvalue weighted by Gasteiger charge is -2.24. The van der Waals surface area contributed by atoms with Crippen molar-refractivity contribution in [2.45, 2.75) is 13.3 Å². The molecule has 0 spiro atoms. The molecular formula is C11H18O3Si. The van der Waals surface area contributed by atoms with Crippen LogP contribution in [0, 0.1) is 0 Å². The Bertz CT molecular complexity index is 285. The minimum absolute atomic E-state index is 0.993. The molecule has 0 heterocycles. The molecule has 3 nitrogen and oxygen atoms in total. The molecule has 0 unspecified atom stereocenters. The van der Waals surface area contributed by atoms with Crippen LogP contribution in [0.1, 0.15) is 12.5 Å². The standard InChI is InChI=1S/C11H18O3Si/c1-5-10-6-8-11(9-7-10)15(12-2,13-3)14-4/h6-9H,5H2,1-4H3.